The van der Waals surface area contributed by atoms with Crippen molar-refractivity contribution in [3.63, 3.8) is 0 Å². The highest BCUT2D eigenvalue weighted by atomic mass is 19.1. The van der Waals surface area contributed by atoms with Crippen molar-refractivity contribution in [2.75, 3.05) is 30.5 Å². The first-order chi connectivity index (χ1) is 18.0. The van der Waals surface area contributed by atoms with Gasteiger partial charge in [-0.15, -0.1) is 6.58 Å². The molecule has 3 aromatic rings. The van der Waals surface area contributed by atoms with Gasteiger partial charge < -0.3 is 14.5 Å². The highest BCUT2D eigenvalue weighted by molar-refractivity contribution is 6.06. The molecule has 5 rings (SSSR count). The van der Waals surface area contributed by atoms with Crippen LogP contribution in [0.3, 0.4) is 0 Å². The molecule has 3 atom stereocenters. The fraction of sp³-hybridized carbons (Fsp3) is 0.323. The number of benzene rings is 3. The van der Waals surface area contributed by atoms with Gasteiger partial charge in [0.2, 0.25) is 0 Å². The number of ether oxygens (including phenoxy) is 1. The number of hydrogen-bond acceptors (Lipinski definition) is 4. The van der Waals surface area contributed by atoms with Gasteiger partial charge in [-0.3, -0.25) is 9.69 Å². The van der Waals surface area contributed by atoms with E-state index in [1.54, 1.807) is 26.3 Å². The predicted molar refractivity (Wildman–Crippen MR) is 147 cm³/mol. The van der Waals surface area contributed by atoms with Crippen molar-refractivity contribution in [3.05, 3.63) is 96.8 Å². The van der Waals surface area contributed by atoms with Crippen molar-refractivity contribution in [2.45, 2.75) is 43.8 Å². The second-order valence-electron chi connectivity index (χ2n) is 9.96. The second-order valence-corrected chi connectivity index (χ2v) is 9.96. The van der Waals surface area contributed by atoms with Gasteiger partial charge in [-0.25, -0.2) is 4.39 Å². The van der Waals surface area contributed by atoms with Gasteiger partial charge >= 0.3 is 0 Å². The van der Waals surface area contributed by atoms with Crippen LogP contribution in [0, 0.1) is 5.82 Å². The Hall–Kier alpha value is -3.64. The van der Waals surface area contributed by atoms with Gasteiger partial charge in [-0.1, -0.05) is 24.3 Å². The van der Waals surface area contributed by atoms with Gasteiger partial charge in [-0.2, -0.15) is 0 Å². The number of amides is 1. The van der Waals surface area contributed by atoms with E-state index < -0.39 is 0 Å². The van der Waals surface area contributed by atoms with E-state index in [0.29, 0.717) is 23.3 Å². The summed E-state index contributed by atoms with van der Waals surface area (Å²) in [7, 11) is 3.36. The summed E-state index contributed by atoms with van der Waals surface area (Å²) in [6, 6.07) is 23.3. The smallest absolute Gasteiger partial charge is 0.258 e. The molecule has 6 heteroatoms. The molecule has 0 spiro atoms. The quantitative estimate of drug-likeness (QED) is 0.335. The average Bonchev–Trinajstić information content (AvgIpc) is 3.15. The number of rotatable bonds is 8. The lowest BCUT2D eigenvalue weighted by Crippen LogP contribution is -2.49. The van der Waals surface area contributed by atoms with Gasteiger partial charge in [0.15, 0.2) is 0 Å². The maximum Gasteiger partial charge on any atom is 0.258 e. The van der Waals surface area contributed by atoms with Gasteiger partial charge in [-0.05, 0) is 74.2 Å². The highest BCUT2D eigenvalue weighted by Gasteiger charge is 2.42. The molecule has 1 unspecified atom stereocenters. The molecule has 2 bridgehead atoms. The third kappa shape index (κ3) is 5.12. The van der Waals surface area contributed by atoms with Gasteiger partial charge in [0.1, 0.15) is 11.6 Å². The van der Waals surface area contributed by atoms with Crippen molar-refractivity contribution < 1.29 is 13.9 Å². The van der Waals surface area contributed by atoms with Crippen LogP contribution in [-0.4, -0.2) is 49.6 Å². The normalized spacial score (nSPS) is 20.9. The fourth-order valence-electron chi connectivity index (χ4n) is 6.02. The Balaban J connectivity index is 1.49. The first kappa shape index (κ1) is 25.0. The molecule has 2 aliphatic heterocycles. The molecular weight excluding hydrogens is 465 g/mol. The van der Waals surface area contributed by atoms with E-state index in [4.69, 9.17) is 4.74 Å². The van der Waals surface area contributed by atoms with Gasteiger partial charge in [0.05, 0.1) is 7.11 Å². The van der Waals surface area contributed by atoms with Crippen LogP contribution in [0.1, 0.15) is 36.0 Å². The number of halogens is 1. The molecular formula is C31H34FN3O2. The van der Waals surface area contributed by atoms with Crippen LogP contribution >= 0.6 is 0 Å². The van der Waals surface area contributed by atoms with Crippen LogP contribution < -0.4 is 14.5 Å². The number of nitrogens with zero attached hydrogens (tertiary/aromatic N) is 3. The Labute approximate surface area is 218 Å². The minimum Gasteiger partial charge on any atom is -0.497 e. The van der Waals surface area contributed by atoms with Crippen LogP contribution in [-0.2, 0) is 0 Å². The molecule has 0 aliphatic carbocycles. The van der Waals surface area contributed by atoms with Crippen molar-refractivity contribution in [2.24, 2.45) is 0 Å². The summed E-state index contributed by atoms with van der Waals surface area (Å²) in [6.07, 6.45) is 6.51. The Morgan fingerprint density at radius 2 is 1.65 bits per heavy atom. The lowest BCUT2D eigenvalue weighted by Gasteiger charge is -2.44. The van der Waals surface area contributed by atoms with Crippen molar-refractivity contribution in [1.82, 2.24) is 4.90 Å². The fourth-order valence-corrected chi connectivity index (χ4v) is 6.02. The molecule has 0 aromatic heterocycles. The summed E-state index contributed by atoms with van der Waals surface area (Å²) in [4.78, 5) is 19.9. The maximum absolute atomic E-state index is 13.8. The summed E-state index contributed by atoms with van der Waals surface area (Å²) in [5.41, 5.74) is 3.09. The average molecular weight is 500 g/mol. The Kier molecular flexibility index (Phi) is 7.28. The minimum absolute atomic E-state index is 0.182. The lowest BCUT2D eigenvalue weighted by molar-refractivity contribution is 0.0993. The summed E-state index contributed by atoms with van der Waals surface area (Å²) >= 11 is 0. The third-order valence-electron chi connectivity index (χ3n) is 7.77. The van der Waals surface area contributed by atoms with E-state index in [-0.39, 0.29) is 17.8 Å². The number of anilines is 3. The van der Waals surface area contributed by atoms with E-state index in [1.165, 1.54) is 29.9 Å². The molecule has 3 aromatic carbocycles. The third-order valence-corrected chi connectivity index (χ3v) is 7.77. The van der Waals surface area contributed by atoms with Crippen LogP contribution in [0.25, 0.3) is 0 Å². The molecule has 1 amide bonds. The molecule has 0 saturated carbocycles. The number of carbonyl (C=O) groups excluding carboxylic acids is 1. The molecule has 2 aliphatic rings. The van der Waals surface area contributed by atoms with Crippen LogP contribution in [0.5, 0.6) is 5.75 Å². The summed E-state index contributed by atoms with van der Waals surface area (Å²) in [5, 5.41) is 0. The van der Waals surface area contributed by atoms with Crippen molar-refractivity contribution >= 4 is 23.0 Å². The Bertz CT molecular complexity index is 1260. The number of piperidine rings is 1. The lowest BCUT2D eigenvalue weighted by atomic mass is 9.94. The van der Waals surface area contributed by atoms with E-state index in [1.807, 2.05) is 36.4 Å². The van der Waals surface area contributed by atoms with Crippen LogP contribution in [0.4, 0.5) is 21.5 Å². The zero-order valence-corrected chi connectivity index (χ0v) is 21.5. The number of hydrogen-bond donors (Lipinski definition) is 0. The minimum atomic E-state index is -0.368. The zero-order chi connectivity index (χ0) is 25.9. The molecule has 0 radical (unpaired) electrons. The summed E-state index contributed by atoms with van der Waals surface area (Å²) in [6.45, 7) is 4.89. The molecule has 0 N–H and O–H groups in total. The monoisotopic (exact) mass is 499 g/mol. The molecule has 5 nitrogen and oxygen atoms in total. The van der Waals surface area contributed by atoms with E-state index in [2.05, 4.69) is 34.6 Å². The maximum atomic E-state index is 13.8. The first-order valence-electron chi connectivity index (χ1n) is 12.9. The topological polar surface area (TPSA) is 36.0 Å². The molecule has 2 heterocycles. The molecule has 37 heavy (non-hydrogen) atoms. The van der Waals surface area contributed by atoms with Crippen molar-refractivity contribution in [3.8, 4) is 5.75 Å². The molecule has 2 saturated heterocycles. The van der Waals surface area contributed by atoms with Crippen LogP contribution in [0.2, 0.25) is 0 Å². The second kappa shape index (κ2) is 10.8. The highest BCUT2D eigenvalue weighted by Crippen LogP contribution is 2.42. The summed E-state index contributed by atoms with van der Waals surface area (Å²) < 4.78 is 19.3. The van der Waals surface area contributed by atoms with Crippen molar-refractivity contribution in [1.29, 1.82) is 0 Å². The van der Waals surface area contributed by atoms with E-state index >= 15 is 0 Å². The van der Waals surface area contributed by atoms with Gasteiger partial charge in [0.25, 0.3) is 5.91 Å². The van der Waals surface area contributed by atoms with E-state index in [0.717, 1.165) is 36.5 Å². The largest absolute Gasteiger partial charge is 0.497 e. The zero-order valence-electron chi connectivity index (χ0n) is 21.5. The standard InChI is InChI=1S/C31H34FN3O2/c1-4-16-34-25-14-15-26(34)20-29(19-25)35(28-12-7-13-30(21-28)37-3)27-11-5-8-22(17-27)31(36)33(2)24-10-6-9-23(32)18-24/h4-13,17-18,21,25-26,29H,1,14-16,19-20H2,2-3H3/t25-,26+,29?. The number of carbonyl (C=O) groups is 1. The number of fused-ring (bicyclic) bond motifs is 2. The van der Waals surface area contributed by atoms with E-state index in [9.17, 15) is 9.18 Å². The molecule has 192 valence electrons. The SMILES string of the molecule is C=CCN1[C@@H]2CC[C@H]1CC(N(c1cccc(OC)c1)c1cccc(C(=O)N(C)c3cccc(F)c3)c1)C2. The van der Waals surface area contributed by atoms with Crippen LogP contribution in [0.15, 0.2) is 85.5 Å². The predicted octanol–water partition coefficient (Wildman–Crippen LogP) is 6.43. The number of methoxy groups -OCH3 is 1. The van der Waals surface area contributed by atoms with Gasteiger partial charge in [0, 0.05) is 60.4 Å². The summed E-state index contributed by atoms with van der Waals surface area (Å²) in [5.74, 6) is 0.249. The molecule has 2 fully saturated rings. The Morgan fingerprint density at radius 3 is 2.32 bits per heavy atom. The Morgan fingerprint density at radius 1 is 1.00 bits per heavy atom. The first-order valence-corrected chi connectivity index (χ1v) is 12.9.